The van der Waals surface area contributed by atoms with Gasteiger partial charge in [0.15, 0.2) is 0 Å². The Balaban J connectivity index is 2.08. The zero-order chi connectivity index (χ0) is 12.0. The minimum atomic E-state index is 0.645. The van der Waals surface area contributed by atoms with Crippen molar-refractivity contribution in [3.63, 3.8) is 0 Å². The normalized spacial score (nSPS) is 21.6. The SMILES string of the molecule is CC(C)N(CCNCC1CCCN1)C(C)C. The van der Waals surface area contributed by atoms with Gasteiger partial charge in [-0.1, -0.05) is 0 Å². The third kappa shape index (κ3) is 4.81. The van der Waals surface area contributed by atoms with Crippen LogP contribution in [0.3, 0.4) is 0 Å². The number of nitrogens with one attached hydrogen (secondary N) is 2. The highest BCUT2D eigenvalue weighted by atomic mass is 15.2. The second-order valence-electron chi connectivity index (χ2n) is 5.42. The highest BCUT2D eigenvalue weighted by Crippen LogP contribution is 2.04. The summed E-state index contributed by atoms with van der Waals surface area (Å²) in [5.41, 5.74) is 0. The Bertz CT molecular complexity index is 166. The van der Waals surface area contributed by atoms with Crippen LogP contribution in [0.25, 0.3) is 0 Å². The minimum absolute atomic E-state index is 0.645. The summed E-state index contributed by atoms with van der Waals surface area (Å²) in [5, 5.41) is 7.08. The fourth-order valence-electron chi connectivity index (χ4n) is 2.53. The second kappa shape index (κ2) is 7.25. The first-order chi connectivity index (χ1) is 7.61. The van der Waals surface area contributed by atoms with Crippen LogP contribution in [0.1, 0.15) is 40.5 Å². The molecule has 0 aromatic heterocycles. The lowest BCUT2D eigenvalue weighted by Gasteiger charge is -2.30. The molecule has 1 unspecified atom stereocenters. The maximum Gasteiger partial charge on any atom is 0.0192 e. The third-order valence-electron chi connectivity index (χ3n) is 3.43. The topological polar surface area (TPSA) is 27.3 Å². The Kier molecular flexibility index (Phi) is 6.32. The van der Waals surface area contributed by atoms with Crippen molar-refractivity contribution in [2.75, 3.05) is 26.2 Å². The third-order valence-corrected chi connectivity index (χ3v) is 3.43. The van der Waals surface area contributed by atoms with E-state index in [1.807, 2.05) is 0 Å². The van der Waals surface area contributed by atoms with E-state index in [4.69, 9.17) is 0 Å². The van der Waals surface area contributed by atoms with Crippen molar-refractivity contribution in [1.29, 1.82) is 0 Å². The van der Waals surface area contributed by atoms with Crippen LogP contribution in [-0.2, 0) is 0 Å². The molecule has 1 atom stereocenters. The zero-order valence-corrected chi connectivity index (χ0v) is 11.4. The molecule has 1 fully saturated rings. The minimum Gasteiger partial charge on any atom is -0.314 e. The standard InChI is InChI=1S/C13H29N3/c1-11(2)16(12(3)4)9-8-14-10-13-6-5-7-15-13/h11-15H,5-10H2,1-4H3. The molecule has 1 rings (SSSR count). The van der Waals surface area contributed by atoms with Crippen LogP contribution in [0.2, 0.25) is 0 Å². The summed E-state index contributed by atoms with van der Waals surface area (Å²) in [7, 11) is 0. The predicted octanol–water partition coefficient (Wildman–Crippen LogP) is 1.45. The van der Waals surface area contributed by atoms with Gasteiger partial charge in [-0.3, -0.25) is 4.90 Å². The molecule has 2 N–H and O–H groups in total. The van der Waals surface area contributed by atoms with E-state index in [1.165, 1.54) is 19.4 Å². The Morgan fingerprint density at radius 1 is 1.25 bits per heavy atom. The molecule has 16 heavy (non-hydrogen) atoms. The number of hydrogen-bond acceptors (Lipinski definition) is 3. The second-order valence-corrected chi connectivity index (χ2v) is 5.42. The van der Waals surface area contributed by atoms with Gasteiger partial charge in [0.2, 0.25) is 0 Å². The molecule has 3 nitrogen and oxygen atoms in total. The van der Waals surface area contributed by atoms with Crippen molar-refractivity contribution in [1.82, 2.24) is 15.5 Å². The van der Waals surface area contributed by atoms with Crippen molar-refractivity contribution >= 4 is 0 Å². The van der Waals surface area contributed by atoms with Gasteiger partial charge in [-0.25, -0.2) is 0 Å². The van der Waals surface area contributed by atoms with E-state index in [0.29, 0.717) is 18.1 Å². The number of rotatable bonds is 7. The molecular weight excluding hydrogens is 198 g/mol. The number of nitrogens with zero attached hydrogens (tertiary/aromatic N) is 1. The molecule has 0 saturated carbocycles. The summed E-state index contributed by atoms with van der Waals surface area (Å²) in [6, 6.07) is 2.00. The van der Waals surface area contributed by atoms with Crippen LogP contribution < -0.4 is 10.6 Å². The first-order valence-corrected chi connectivity index (χ1v) is 6.81. The van der Waals surface area contributed by atoms with E-state index >= 15 is 0 Å². The van der Waals surface area contributed by atoms with Crippen LogP contribution in [0.5, 0.6) is 0 Å². The van der Waals surface area contributed by atoms with Crippen LogP contribution in [-0.4, -0.2) is 49.2 Å². The molecule has 1 aliphatic rings. The molecule has 0 amide bonds. The van der Waals surface area contributed by atoms with E-state index in [0.717, 1.165) is 19.6 Å². The van der Waals surface area contributed by atoms with Crippen molar-refractivity contribution < 1.29 is 0 Å². The molecule has 0 spiro atoms. The molecular formula is C13H29N3. The fourth-order valence-corrected chi connectivity index (χ4v) is 2.53. The maximum atomic E-state index is 3.56. The van der Waals surface area contributed by atoms with Crippen LogP contribution in [0.4, 0.5) is 0 Å². The van der Waals surface area contributed by atoms with E-state index in [9.17, 15) is 0 Å². The molecule has 0 aromatic carbocycles. The van der Waals surface area contributed by atoms with Crippen molar-refractivity contribution in [3.05, 3.63) is 0 Å². The summed E-state index contributed by atoms with van der Waals surface area (Å²) in [5.74, 6) is 0. The van der Waals surface area contributed by atoms with Crippen molar-refractivity contribution in [3.8, 4) is 0 Å². The first-order valence-electron chi connectivity index (χ1n) is 6.81. The quantitative estimate of drug-likeness (QED) is 0.645. The van der Waals surface area contributed by atoms with Gasteiger partial charge in [0.25, 0.3) is 0 Å². The first kappa shape index (κ1) is 13.9. The van der Waals surface area contributed by atoms with E-state index in [1.54, 1.807) is 0 Å². The largest absolute Gasteiger partial charge is 0.314 e. The van der Waals surface area contributed by atoms with Gasteiger partial charge in [0.05, 0.1) is 0 Å². The van der Waals surface area contributed by atoms with E-state index < -0.39 is 0 Å². The lowest BCUT2D eigenvalue weighted by molar-refractivity contribution is 0.175. The average molecular weight is 227 g/mol. The van der Waals surface area contributed by atoms with Gasteiger partial charge in [-0.2, -0.15) is 0 Å². The summed E-state index contributed by atoms with van der Waals surface area (Å²) >= 11 is 0. The number of hydrogen-bond donors (Lipinski definition) is 2. The van der Waals surface area contributed by atoms with Gasteiger partial charge in [-0.05, 0) is 47.1 Å². The highest BCUT2D eigenvalue weighted by molar-refractivity contribution is 4.76. The highest BCUT2D eigenvalue weighted by Gasteiger charge is 2.14. The smallest absolute Gasteiger partial charge is 0.0192 e. The van der Waals surface area contributed by atoms with Crippen LogP contribution in [0.15, 0.2) is 0 Å². The van der Waals surface area contributed by atoms with Crippen molar-refractivity contribution in [2.24, 2.45) is 0 Å². The molecule has 0 aromatic rings. The molecule has 0 radical (unpaired) electrons. The van der Waals surface area contributed by atoms with Gasteiger partial charge in [-0.15, -0.1) is 0 Å². The molecule has 96 valence electrons. The fraction of sp³-hybridized carbons (Fsp3) is 1.00. The van der Waals surface area contributed by atoms with Crippen molar-refractivity contribution in [2.45, 2.75) is 58.7 Å². The van der Waals surface area contributed by atoms with Crippen LogP contribution >= 0.6 is 0 Å². The summed E-state index contributed by atoms with van der Waals surface area (Å²) in [6.07, 6.45) is 2.68. The lowest BCUT2D eigenvalue weighted by atomic mass is 10.2. The van der Waals surface area contributed by atoms with E-state index in [2.05, 4.69) is 43.2 Å². The Morgan fingerprint density at radius 2 is 1.94 bits per heavy atom. The lowest BCUT2D eigenvalue weighted by Crippen LogP contribution is -2.43. The molecule has 1 aliphatic heterocycles. The van der Waals surface area contributed by atoms with Gasteiger partial charge in [0.1, 0.15) is 0 Å². The molecule has 0 aliphatic carbocycles. The molecule has 0 bridgehead atoms. The Hall–Kier alpha value is -0.120. The predicted molar refractivity (Wildman–Crippen MR) is 70.9 cm³/mol. The molecule has 1 heterocycles. The average Bonchev–Trinajstić information content (AvgIpc) is 2.68. The molecule has 3 heteroatoms. The Morgan fingerprint density at radius 3 is 2.44 bits per heavy atom. The maximum absolute atomic E-state index is 3.56. The zero-order valence-electron chi connectivity index (χ0n) is 11.4. The molecule has 1 saturated heterocycles. The summed E-state index contributed by atoms with van der Waals surface area (Å²) in [4.78, 5) is 2.54. The van der Waals surface area contributed by atoms with E-state index in [-0.39, 0.29) is 0 Å². The summed E-state index contributed by atoms with van der Waals surface area (Å²) < 4.78 is 0. The van der Waals surface area contributed by atoms with Gasteiger partial charge < -0.3 is 10.6 Å². The van der Waals surface area contributed by atoms with Gasteiger partial charge in [0, 0.05) is 37.8 Å². The summed E-state index contributed by atoms with van der Waals surface area (Å²) in [6.45, 7) is 13.7. The van der Waals surface area contributed by atoms with Gasteiger partial charge >= 0.3 is 0 Å². The monoisotopic (exact) mass is 227 g/mol. The Labute approximate surface area is 101 Å². The van der Waals surface area contributed by atoms with Crippen LogP contribution in [0, 0.1) is 0 Å².